The van der Waals surface area contributed by atoms with Gasteiger partial charge in [0.2, 0.25) is 0 Å². The quantitative estimate of drug-likeness (QED) is 0.782. The van der Waals surface area contributed by atoms with E-state index in [1.165, 1.54) is 4.90 Å². The first kappa shape index (κ1) is 13.8. The lowest BCUT2D eigenvalue weighted by atomic mass is 10.2. The Morgan fingerprint density at radius 2 is 2.06 bits per heavy atom. The number of aliphatic carboxylic acids is 1. The largest absolute Gasteiger partial charge is 0.480 e. The summed E-state index contributed by atoms with van der Waals surface area (Å²) in [6, 6.07) is -0.643. The molecule has 1 aliphatic heterocycles. The summed E-state index contributed by atoms with van der Waals surface area (Å²) >= 11 is 0. The minimum absolute atomic E-state index is 0.183. The molecule has 0 aromatic carbocycles. The highest BCUT2D eigenvalue weighted by molar-refractivity contribution is 5.76. The molecule has 1 fully saturated rings. The molecule has 6 nitrogen and oxygen atoms in total. The number of nitrogens with zero attached hydrogens (tertiary/aromatic N) is 2. The Kier molecular flexibility index (Phi) is 4.74. The second-order valence-electron chi connectivity index (χ2n) is 4.75. The van der Waals surface area contributed by atoms with Crippen LogP contribution in [-0.2, 0) is 9.53 Å². The number of hydrogen-bond acceptors (Lipinski definition) is 4. The molecule has 0 aliphatic carbocycles. The number of carboxylic acid groups (broad SMARTS) is 1. The summed E-state index contributed by atoms with van der Waals surface area (Å²) in [6.07, 6.45) is -0.418. The topological polar surface area (TPSA) is 70.1 Å². The Balaban J connectivity index is 2.50. The Morgan fingerprint density at radius 1 is 1.41 bits per heavy atom. The predicted octanol–water partition coefficient (Wildman–Crippen LogP) is 0.480. The van der Waals surface area contributed by atoms with Gasteiger partial charge in [-0.1, -0.05) is 13.8 Å². The van der Waals surface area contributed by atoms with Crippen LogP contribution in [0.2, 0.25) is 0 Å². The summed E-state index contributed by atoms with van der Waals surface area (Å²) in [4.78, 5) is 25.8. The Morgan fingerprint density at radius 3 is 2.59 bits per heavy atom. The number of ether oxygens (including phenoxy) is 1. The van der Waals surface area contributed by atoms with E-state index in [0.717, 1.165) is 0 Å². The molecule has 1 rings (SSSR count). The molecule has 98 valence electrons. The van der Waals surface area contributed by atoms with Crippen LogP contribution in [0, 0.1) is 5.92 Å². The van der Waals surface area contributed by atoms with Crippen LogP contribution in [0.25, 0.3) is 0 Å². The van der Waals surface area contributed by atoms with Crippen molar-refractivity contribution in [2.24, 2.45) is 5.92 Å². The first-order valence-electron chi connectivity index (χ1n) is 5.76. The van der Waals surface area contributed by atoms with Crippen LogP contribution in [0.1, 0.15) is 13.8 Å². The average Bonchev–Trinajstić information content (AvgIpc) is 2.26. The van der Waals surface area contributed by atoms with E-state index in [-0.39, 0.29) is 12.5 Å². The van der Waals surface area contributed by atoms with Gasteiger partial charge in [0.05, 0.1) is 13.2 Å². The maximum Gasteiger partial charge on any atom is 0.409 e. The third-order valence-electron chi connectivity index (χ3n) is 2.73. The molecule has 6 heteroatoms. The maximum absolute atomic E-state index is 11.7. The van der Waals surface area contributed by atoms with Crippen LogP contribution in [-0.4, -0.2) is 66.3 Å². The van der Waals surface area contributed by atoms with Gasteiger partial charge in [-0.15, -0.1) is 0 Å². The lowest BCUT2D eigenvalue weighted by molar-refractivity contribution is -0.144. The van der Waals surface area contributed by atoms with Crippen LogP contribution in [0.3, 0.4) is 0 Å². The van der Waals surface area contributed by atoms with E-state index in [1.807, 2.05) is 13.8 Å². The van der Waals surface area contributed by atoms with Gasteiger partial charge in [0.15, 0.2) is 0 Å². The molecule has 0 spiro atoms. The lowest BCUT2D eigenvalue weighted by Crippen LogP contribution is -2.56. The summed E-state index contributed by atoms with van der Waals surface area (Å²) < 4.78 is 5.08. The molecule has 1 unspecified atom stereocenters. The van der Waals surface area contributed by atoms with Gasteiger partial charge in [-0.25, -0.2) is 4.79 Å². The Hall–Kier alpha value is -1.30. The van der Waals surface area contributed by atoms with Crippen LogP contribution >= 0.6 is 0 Å². The van der Waals surface area contributed by atoms with Crippen molar-refractivity contribution >= 4 is 12.1 Å². The van der Waals surface area contributed by atoms with Gasteiger partial charge >= 0.3 is 12.1 Å². The molecule has 0 aromatic rings. The SMILES string of the molecule is CC(C)COC(=O)N1CCN(C)C(C(=O)O)C1. The predicted molar refractivity (Wildman–Crippen MR) is 61.8 cm³/mol. The summed E-state index contributed by atoms with van der Waals surface area (Å²) in [5.74, 6) is -0.629. The molecule has 1 atom stereocenters. The zero-order valence-electron chi connectivity index (χ0n) is 10.5. The maximum atomic E-state index is 11.7. The van der Waals surface area contributed by atoms with Crippen molar-refractivity contribution in [1.82, 2.24) is 9.80 Å². The summed E-state index contributed by atoms with van der Waals surface area (Å²) in [7, 11) is 1.75. The van der Waals surface area contributed by atoms with E-state index in [2.05, 4.69) is 0 Å². The normalized spacial score (nSPS) is 21.6. The van der Waals surface area contributed by atoms with E-state index in [9.17, 15) is 9.59 Å². The van der Waals surface area contributed by atoms with Crippen molar-refractivity contribution in [1.29, 1.82) is 0 Å². The van der Waals surface area contributed by atoms with Crippen LogP contribution < -0.4 is 0 Å². The number of carbonyl (C=O) groups is 2. The van der Waals surface area contributed by atoms with E-state index < -0.39 is 18.1 Å². The van der Waals surface area contributed by atoms with Gasteiger partial charge in [0, 0.05) is 13.1 Å². The standard InChI is InChI=1S/C11H20N2O4/c1-8(2)7-17-11(16)13-5-4-12(3)9(6-13)10(14)15/h8-9H,4-7H2,1-3H3,(H,14,15). The third-order valence-corrected chi connectivity index (χ3v) is 2.73. The number of hydrogen-bond donors (Lipinski definition) is 1. The number of rotatable bonds is 3. The van der Waals surface area contributed by atoms with Crippen LogP contribution in [0.5, 0.6) is 0 Å². The van der Waals surface area contributed by atoms with Crippen LogP contribution in [0.4, 0.5) is 4.79 Å². The minimum Gasteiger partial charge on any atom is -0.480 e. The monoisotopic (exact) mass is 244 g/mol. The molecule has 0 saturated carbocycles. The zero-order chi connectivity index (χ0) is 13.0. The summed E-state index contributed by atoms with van der Waals surface area (Å²) in [6.45, 7) is 5.52. The molecular formula is C11H20N2O4. The Labute approximate surface area is 101 Å². The minimum atomic E-state index is -0.908. The summed E-state index contributed by atoms with van der Waals surface area (Å²) in [5.41, 5.74) is 0. The third kappa shape index (κ3) is 3.89. The van der Waals surface area contributed by atoms with Crippen molar-refractivity contribution in [2.45, 2.75) is 19.9 Å². The zero-order valence-corrected chi connectivity index (χ0v) is 10.5. The highest BCUT2D eigenvalue weighted by atomic mass is 16.6. The van der Waals surface area contributed by atoms with Crippen molar-refractivity contribution in [2.75, 3.05) is 33.3 Å². The first-order chi connectivity index (χ1) is 7.91. The van der Waals surface area contributed by atoms with Crippen molar-refractivity contribution < 1.29 is 19.4 Å². The molecule has 1 heterocycles. The highest BCUT2D eigenvalue weighted by Crippen LogP contribution is 2.09. The van der Waals surface area contributed by atoms with E-state index in [4.69, 9.17) is 9.84 Å². The molecule has 1 amide bonds. The number of amides is 1. The van der Waals surface area contributed by atoms with E-state index >= 15 is 0 Å². The van der Waals surface area contributed by atoms with Crippen molar-refractivity contribution in [3.05, 3.63) is 0 Å². The number of likely N-dealkylation sites (N-methyl/N-ethyl adjacent to an activating group) is 1. The van der Waals surface area contributed by atoms with E-state index in [0.29, 0.717) is 19.7 Å². The molecule has 1 saturated heterocycles. The first-order valence-corrected chi connectivity index (χ1v) is 5.76. The fourth-order valence-electron chi connectivity index (χ4n) is 1.64. The highest BCUT2D eigenvalue weighted by Gasteiger charge is 2.32. The molecular weight excluding hydrogens is 224 g/mol. The second kappa shape index (κ2) is 5.86. The molecule has 0 bridgehead atoms. The lowest BCUT2D eigenvalue weighted by Gasteiger charge is -2.36. The number of piperazine rings is 1. The number of carboxylic acids is 1. The van der Waals surface area contributed by atoms with Gasteiger partial charge in [-0.3, -0.25) is 9.69 Å². The van der Waals surface area contributed by atoms with Crippen molar-refractivity contribution in [3.8, 4) is 0 Å². The molecule has 0 radical (unpaired) electrons. The fourth-order valence-corrected chi connectivity index (χ4v) is 1.64. The number of carbonyl (C=O) groups excluding carboxylic acids is 1. The molecule has 0 aromatic heterocycles. The van der Waals surface area contributed by atoms with E-state index in [1.54, 1.807) is 11.9 Å². The van der Waals surface area contributed by atoms with Gasteiger partial charge in [0.25, 0.3) is 0 Å². The molecule has 17 heavy (non-hydrogen) atoms. The second-order valence-corrected chi connectivity index (χ2v) is 4.75. The van der Waals surface area contributed by atoms with Gasteiger partial charge in [-0.05, 0) is 13.0 Å². The average molecular weight is 244 g/mol. The Bertz CT molecular complexity index is 293. The summed E-state index contributed by atoms with van der Waals surface area (Å²) in [5, 5.41) is 9.01. The molecule has 1 aliphatic rings. The van der Waals surface area contributed by atoms with Gasteiger partial charge < -0.3 is 14.7 Å². The van der Waals surface area contributed by atoms with Gasteiger partial charge in [-0.2, -0.15) is 0 Å². The molecule has 1 N–H and O–H groups in total. The van der Waals surface area contributed by atoms with Crippen LogP contribution in [0.15, 0.2) is 0 Å². The van der Waals surface area contributed by atoms with Crippen molar-refractivity contribution in [3.63, 3.8) is 0 Å². The van der Waals surface area contributed by atoms with Gasteiger partial charge in [0.1, 0.15) is 6.04 Å². The smallest absolute Gasteiger partial charge is 0.409 e. The fraction of sp³-hybridized carbons (Fsp3) is 0.818.